The molecule has 1 aromatic carbocycles. The van der Waals surface area contributed by atoms with Crippen LogP contribution in [0, 0.1) is 0 Å². The molecule has 1 aromatic rings. The van der Waals surface area contributed by atoms with E-state index in [4.69, 9.17) is 5.11 Å². The molecule has 0 fully saturated rings. The highest BCUT2D eigenvalue weighted by Gasteiger charge is 2.33. The summed E-state index contributed by atoms with van der Waals surface area (Å²) in [5.74, 6) is -0.604. The van der Waals surface area contributed by atoms with Crippen molar-refractivity contribution in [2.45, 2.75) is 24.4 Å². The summed E-state index contributed by atoms with van der Waals surface area (Å²) >= 11 is 4.20. The molecular formula is C13H15BrF3NO2S. The predicted octanol–water partition coefficient (Wildman–Crippen LogP) is 3.31. The van der Waals surface area contributed by atoms with E-state index in [0.29, 0.717) is 0 Å². The molecule has 0 aliphatic carbocycles. The number of aliphatic hydroxyl groups excluding tert-OH is 1. The summed E-state index contributed by atoms with van der Waals surface area (Å²) in [5, 5.41) is 11.5. The van der Waals surface area contributed by atoms with Crippen molar-refractivity contribution >= 4 is 33.6 Å². The summed E-state index contributed by atoms with van der Waals surface area (Å²) in [6.45, 7) is 1.57. The predicted molar refractivity (Wildman–Crippen MR) is 80.5 cm³/mol. The number of halogens is 4. The van der Waals surface area contributed by atoms with Crippen LogP contribution >= 0.6 is 27.7 Å². The standard InChI is InChI=1S/C13H15BrF3NO2S/c1-7(11(6-19)21-2)18-12(20)8-3-4-10(14)9(5-8)13(15,16)17/h3-5,7,11,19H,6H2,1-2H3,(H,18,20). The van der Waals surface area contributed by atoms with Gasteiger partial charge in [-0.2, -0.15) is 24.9 Å². The van der Waals surface area contributed by atoms with E-state index in [2.05, 4.69) is 21.2 Å². The van der Waals surface area contributed by atoms with E-state index in [1.807, 2.05) is 0 Å². The average molecular weight is 386 g/mol. The first-order valence-corrected chi connectivity index (χ1v) is 8.10. The zero-order valence-corrected chi connectivity index (χ0v) is 13.8. The van der Waals surface area contributed by atoms with Gasteiger partial charge < -0.3 is 10.4 Å². The van der Waals surface area contributed by atoms with E-state index in [1.54, 1.807) is 13.2 Å². The maximum Gasteiger partial charge on any atom is 0.417 e. The number of rotatable bonds is 5. The van der Waals surface area contributed by atoms with Gasteiger partial charge in [0, 0.05) is 21.3 Å². The van der Waals surface area contributed by atoms with Crippen LogP contribution < -0.4 is 5.32 Å². The Kier molecular flexibility index (Phi) is 6.55. The fourth-order valence-corrected chi connectivity index (χ4v) is 2.80. The van der Waals surface area contributed by atoms with Gasteiger partial charge in [-0.1, -0.05) is 15.9 Å². The first-order chi connectivity index (χ1) is 9.70. The highest BCUT2D eigenvalue weighted by Crippen LogP contribution is 2.35. The molecule has 0 heterocycles. The minimum atomic E-state index is -4.53. The van der Waals surface area contributed by atoms with Gasteiger partial charge in [0.1, 0.15) is 0 Å². The molecule has 118 valence electrons. The van der Waals surface area contributed by atoms with Gasteiger partial charge in [-0.15, -0.1) is 0 Å². The van der Waals surface area contributed by atoms with Crippen LogP contribution in [-0.4, -0.2) is 35.2 Å². The Morgan fingerprint density at radius 3 is 2.57 bits per heavy atom. The number of aliphatic hydroxyl groups is 1. The largest absolute Gasteiger partial charge is 0.417 e. The van der Waals surface area contributed by atoms with Crippen molar-refractivity contribution in [3.05, 3.63) is 33.8 Å². The number of hydrogen-bond acceptors (Lipinski definition) is 3. The fourth-order valence-electron chi connectivity index (χ4n) is 1.70. The summed E-state index contributed by atoms with van der Waals surface area (Å²) in [5.41, 5.74) is -0.971. The van der Waals surface area contributed by atoms with E-state index in [1.165, 1.54) is 23.9 Å². The lowest BCUT2D eigenvalue weighted by Crippen LogP contribution is -2.41. The molecular weight excluding hydrogens is 371 g/mol. The number of hydrogen-bond donors (Lipinski definition) is 2. The van der Waals surface area contributed by atoms with Crippen molar-refractivity contribution in [1.29, 1.82) is 0 Å². The summed E-state index contributed by atoms with van der Waals surface area (Å²) in [6, 6.07) is 2.95. The van der Waals surface area contributed by atoms with Crippen LogP contribution in [0.4, 0.5) is 13.2 Å². The SMILES string of the molecule is CSC(CO)C(C)NC(=O)c1ccc(Br)c(C(F)(F)F)c1. The van der Waals surface area contributed by atoms with Crippen molar-refractivity contribution < 1.29 is 23.1 Å². The first kappa shape index (κ1) is 18.3. The van der Waals surface area contributed by atoms with Gasteiger partial charge in [0.05, 0.1) is 12.2 Å². The van der Waals surface area contributed by atoms with Crippen LogP contribution in [0.2, 0.25) is 0 Å². The Hall–Kier alpha value is -0.730. The number of benzene rings is 1. The highest BCUT2D eigenvalue weighted by atomic mass is 79.9. The molecule has 0 radical (unpaired) electrons. The van der Waals surface area contributed by atoms with Gasteiger partial charge in [-0.05, 0) is 31.4 Å². The maximum atomic E-state index is 12.8. The lowest BCUT2D eigenvalue weighted by molar-refractivity contribution is -0.138. The van der Waals surface area contributed by atoms with Gasteiger partial charge in [0.25, 0.3) is 5.91 Å². The third-order valence-corrected chi connectivity index (χ3v) is 4.79. The van der Waals surface area contributed by atoms with E-state index in [-0.39, 0.29) is 27.9 Å². The Balaban J connectivity index is 2.94. The van der Waals surface area contributed by atoms with Gasteiger partial charge in [-0.3, -0.25) is 4.79 Å². The van der Waals surface area contributed by atoms with Gasteiger partial charge in [0.15, 0.2) is 0 Å². The number of alkyl halides is 3. The molecule has 0 aromatic heterocycles. The second-order valence-electron chi connectivity index (χ2n) is 4.41. The van der Waals surface area contributed by atoms with Crippen molar-refractivity contribution in [3.63, 3.8) is 0 Å². The third-order valence-electron chi connectivity index (χ3n) is 2.93. The Labute approximate surface area is 133 Å². The van der Waals surface area contributed by atoms with Crippen LogP contribution in [0.15, 0.2) is 22.7 Å². The van der Waals surface area contributed by atoms with Crippen molar-refractivity contribution in [3.8, 4) is 0 Å². The van der Waals surface area contributed by atoms with Crippen molar-refractivity contribution in [2.75, 3.05) is 12.9 Å². The molecule has 3 nitrogen and oxygen atoms in total. The fraction of sp³-hybridized carbons (Fsp3) is 0.462. The lowest BCUT2D eigenvalue weighted by Gasteiger charge is -2.21. The quantitative estimate of drug-likeness (QED) is 0.817. The molecule has 0 aliphatic heterocycles. The van der Waals surface area contributed by atoms with Crippen LogP contribution in [0.3, 0.4) is 0 Å². The summed E-state index contributed by atoms with van der Waals surface area (Å²) in [6.07, 6.45) is -2.75. The first-order valence-electron chi connectivity index (χ1n) is 6.02. The molecule has 0 saturated carbocycles. The number of amides is 1. The smallest absolute Gasteiger partial charge is 0.395 e. The topological polar surface area (TPSA) is 49.3 Å². The zero-order valence-electron chi connectivity index (χ0n) is 11.4. The molecule has 1 rings (SSSR count). The minimum Gasteiger partial charge on any atom is -0.395 e. The second kappa shape index (κ2) is 7.51. The Bertz CT molecular complexity index is 507. The normalized spacial score (nSPS) is 14.6. The monoisotopic (exact) mass is 385 g/mol. The molecule has 2 unspecified atom stereocenters. The van der Waals surface area contributed by atoms with Crippen molar-refractivity contribution in [2.24, 2.45) is 0 Å². The number of carbonyl (C=O) groups excluding carboxylic acids is 1. The van der Waals surface area contributed by atoms with E-state index >= 15 is 0 Å². The number of carbonyl (C=O) groups is 1. The molecule has 0 saturated heterocycles. The third kappa shape index (κ3) is 4.89. The van der Waals surface area contributed by atoms with Gasteiger partial charge in [-0.25, -0.2) is 0 Å². The highest BCUT2D eigenvalue weighted by molar-refractivity contribution is 9.10. The molecule has 8 heteroatoms. The molecule has 1 amide bonds. The zero-order chi connectivity index (χ0) is 16.2. The Morgan fingerprint density at radius 2 is 2.10 bits per heavy atom. The van der Waals surface area contributed by atoms with Crippen molar-refractivity contribution in [1.82, 2.24) is 5.32 Å². The molecule has 0 aliphatic rings. The number of thioether (sulfide) groups is 1. The summed E-state index contributed by atoms with van der Waals surface area (Å²) in [7, 11) is 0. The molecule has 2 atom stereocenters. The summed E-state index contributed by atoms with van der Waals surface area (Å²) in [4.78, 5) is 12.0. The second-order valence-corrected chi connectivity index (χ2v) is 6.34. The number of nitrogens with one attached hydrogen (secondary N) is 1. The maximum absolute atomic E-state index is 12.8. The van der Waals surface area contributed by atoms with E-state index < -0.39 is 17.6 Å². The van der Waals surface area contributed by atoms with Crippen LogP contribution in [0.5, 0.6) is 0 Å². The van der Waals surface area contributed by atoms with Crippen LogP contribution in [-0.2, 0) is 6.18 Å². The van der Waals surface area contributed by atoms with Gasteiger partial charge in [0.2, 0.25) is 0 Å². The molecule has 21 heavy (non-hydrogen) atoms. The van der Waals surface area contributed by atoms with E-state index in [9.17, 15) is 18.0 Å². The lowest BCUT2D eigenvalue weighted by atomic mass is 10.1. The minimum absolute atomic E-state index is 0.0739. The molecule has 0 spiro atoms. The van der Waals surface area contributed by atoms with Gasteiger partial charge >= 0.3 is 6.18 Å². The van der Waals surface area contributed by atoms with Crippen LogP contribution in [0.25, 0.3) is 0 Å². The summed E-state index contributed by atoms with van der Waals surface area (Å²) < 4.78 is 38.3. The molecule has 0 bridgehead atoms. The van der Waals surface area contributed by atoms with E-state index in [0.717, 1.165) is 6.07 Å². The Morgan fingerprint density at radius 1 is 1.48 bits per heavy atom. The molecule has 2 N–H and O–H groups in total. The average Bonchev–Trinajstić information content (AvgIpc) is 2.39. The van der Waals surface area contributed by atoms with Crippen LogP contribution in [0.1, 0.15) is 22.8 Å².